The van der Waals surface area contributed by atoms with Crippen LogP contribution in [0.1, 0.15) is 18.1 Å². The number of aryl methyl sites for hydroxylation is 2. The first kappa shape index (κ1) is 22.8. The maximum absolute atomic E-state index is 12.6. The molecule has 3 aromatic carbocycles. The molecule has 2 aromatic heterocycles. The lowest BCUT2D eigenvalue weighted by molar-refractivity contribution is 0.291. The number of tetrazole rings is 1. The van der Waals surface area contributed by atoms with Gasteiger partial charge >= 0.3 is 5.69 Å². The van der Waals surface area contributed by atoms with Crippen molar-refractivity contribution in [3.8, 4) is 28.4 Å². The highest BCUT2D eigenvalue weighted by molar-refractivity contribution is 9.10. The van der Waals surface area contributed by atoms with Crippen molar-refractivity contribution in [1.82, 2.24) is 29.6 Å². The molecular weight excluding hydrogens is 508 g/mol. The smallest absolute Gasteiger partial charge is 0.368 e. The molecule has 0 N–H and O–H groups in total. The van der Waals surface area contributed by atoms with Crippen molar-refractivity contribution in [3.05, 3.63) is 105 Å². The minimum Gasteiger partial charge on any atom is -0.472 e. The van der Waals surface area contributed by atoms with Gasteiger partial charge in [-0.15, -0.1) is 5.10 Å². The summed E-state index contributed by atoms with van der Waals surface area (Å²) in [4.78, 5) is 12.6. The Bertz CT molecular complexity index is 1530. The molecule has 2 heterocycles. The number of nitrogens with zero attached hydrogens (tertiary/aromatic N) is 6. The molecule has 0 bridgehead atoms. The zero-order valence-corrected chi connectivity index (χ0v) is 20.9. The number of aromatic nitrogens is 6. The van der Waals surface area contributed by atoms with E-state index in [0.29, 0.717) is 18.2 Å². The van der Waals surface area contributed by atoms with Crippen LogP contribution in [-0.4, -0.2) is 29.6 Å². The van der Waals surface area contributed by atoms with E-state index in [1.54, 1.807) is 11.7 Å². The Hall–Kier alpha value is -3.98. The molecule has 0 radical (unpaired) electrons. The monoisotopic (exact) mass is 530 g/mol. The molecule has 5 aromatic rings. The third-order valence-corrected chi connectivity index (χ3v) is 6.35. The molecule has 0 amide bonds. The molecule has 35 heavy (non-hydrogen) atoms. The number of rotatable bonds is 7. The molecule has 0 aliphatic heterocycles. The van der Waals surface area contributed by atoms with Crippen molar-refractivity contribution in [3.63, 3.8) is 0 Å². The fourth-order valence-electron chi connectivity index (χ4n) is 4.01. The molecule has 0 saturated heterocycles. The number of halogens is 1. The Balaban J connectivity index is 1.49. The third-order valence-electron chi connectivity index (χ3n) is 5.82. The average Bonchev–Trinajstić information content (AvgIpc) is 3.49. The van der Waals surface area contributed by atoms with Crippen LogP contribution in [0.5, 0.6) is 5.88 Å². The summed E-state index contributed by atoms with van der Waals surface area (Å²) in [5, 5.41) is 12.5. The van der Waals surface area contributed by atoms with Gasteiger partial charge < -0.3 is 4.74 Å². The Morgan fingerprint density at radius 2 is 1.69 bits per heavy atom. The van der Waals surface area contributed by atoms with E-state index in [9.17, 15) is 4.79 Å². The van der Waals surface area contributed by atoms with Gasteiger partial charge in [-0.05, 0) is 58.3 Å². The molecule has 0 spiro atoms. The second-order valence-corrected chi connectivity index (χ2v) is 8.89. The lowest BCUT2D eigenvalue weighted by Crippen LogP contribution is -2.22. The predicted molar refractivity (Wildman–Crippen MR) is 137 cm³/mol. The fraction of sp³-hybridized carbons (Fsp3) is 0.154. The topological polar surface area (TPSA) is 79.8 Å². The number of benzene rings is 3. The van der Waals surface area contributed by atoms with E-state index in [-0.39, 0.29) is 5.69 Å². The van der Waals surface area contributed by atoms with E-state index in [4.69, 9.17) is 4.74 Å². The van der Waals surface area contributed by atoms with Gasteiger partial charge in [-0.1, -0.05) is 59.3 Å². The van der Waals surface area contributed by atoms with Gasteiger partial charge in [0.25, 0.3) is 0 Å². The van der Waals surface area contributed by atoms with Gasteiger partial charge in [-0.25, -0.2) is 9.48 Å². The van der Waals surface area contributed by atoms with Gasteiger partial charge in [0, 0.05) is 34.9 Å². The second-order valence-electron chi connectivity index (χ2n) is 7.97. The highest BCUT2D eigenvalue weighted by atomic mass is 79.9. The van der Waals surface area contributed by atoms with Crippen molar-refractivity contribution in [2.24, 2.45) is 7.05 Å². The molecule has 0 aliphatic carbocycles. The van der Waals surface area contributed by atoms with Crippen molar-refractivity contribution in [2.75, 3.05) is 0 Å². The molecule has 5 rings (SSSR count). The molecule has 0 atom stereocenters. The summed E-state index contributed by atoms with van der Waals surface area (Å²) < 4.78 is 11.5. The van der Waals surface area contributed by atoms with E-state index < -0.39 is 0 Å². The molecular formula is C26H23BrN6O2. The number of para-hydroxylation sites is 1. The Labute approximate surface area is 210 Å². The van der Waals surface area contributed by atoms with Crippen LogP contribution in [0, 0.1) is 0 Å². The summed E-state index contributed by atoms with van der Waals surface area (Å²) in [5.74, 6) is 0.531. The summed E-state index contributed by atoms with van der Waals surface area (Å²) in [6.07, 6.45) is 2.72. The molecule has 0 fully saturated rings. The maximum Gasteiger partial charge on any atom is 0.368 e. The van der Waals surface area contributed by atoms with Gasteiger partial charge in [0.05, 0.1) is 11.4 Å². The number of hydrogen-bond donors (Lipinski definition) is 0. The van der Waals surface area contributed by atoms with E-state index in [1.807, 2.05) is 72.9 Å². The van der Waals surface area contributed by atoms with Gasteiger partial charge in [0.15, 0.2) is 0 Å². The lowest BCUT2D eigenvalue weighted by Gasteiger charge is -2.16. The van der Waals surface area contributed by atoms with Gasteiger partial charge in [-0.3, -0.25) is 0 Å². The standard InChI is InChI=1S/C26H23BrN6O2/c1-3-18-7-6-9-21(22-8-4-5-10-24(22)33-26(34)31(2)29-30-33)23(18)17-35-25-15-16-32(28-25)20-13-11-19(27)12-14-20/h4-16H,3,17H2,1-2H3. The van der Waals surface area contributed by atoms with E-state index >= 15 is 0 Å². The first-order valence-electron chi connectivity index (χ1n) is 11.2. The maximum atomic E-state index is 12.6. The lowest BCUT2D eigenvalue weighted by atomic mass is 9.93. The van der Waals surface area contributed by atoms with E-state index in [2.05, 4.69) is 44.4 Å². The Morgan fingerprint density at radius 1 is 0.914 bits per heavy atom. The van der Waals surface area contributed by atoms with Crippen molar-refractivity contribution < 1.29 is 4.74 Å². The Morgan fingerprint density at radius 3 is 2.43 bits per heavy atom. The molecule has 0 aliphatic rings. The minimum atomic E-state index is -0.305. The predicted octanol–water partition coefficient (Wildman–Crippen LogP) is 4.72. The SMILES string of the molecule is CCc1cccc(-c2ccccc2-n2nnn(C)c2=O)c1COc1ccn(-c2ccc(Br)cc2)n1. The third kappa shape index (κ3) is 4.54. The largest absolute Gasteiger partial charge is 0.472 e. The van der Waals surface area contributed by atoms with Crippen molar-refractivity contribution in [1.29, 1.82) is 0 Å². The van der Waals surface area contributed by atoms with Gasteiger partial charge in [-0.2, -0.15) is 9.36 Å². The second kappa shape index (κ2) is 9.71. The van der Waals surface area contributed by atoms with Crippen LogP contribution in [0.2, 0.25) is 0 Å². The average molecular weight is 531 g/mol. The van der Waals surface area contributed by atoms with Crippen LogP contribution in [-0.2, 0) is 20.1 Å². The van der Waals surface area contributed by atoms with Crippen LogP contribution in [0.15, 0.2) is 88.3 Å². The van der Waals surface area contributed by atoms with Crippen molar-refractivity contribution >= 4 is 15.9 Å². The first-order chi connectivity index (χ1) is 17.0. The molecule has 0 unspecified atom stereocenters. The molecule has 176 valence electrons. The van der Waals surface area contributed by atoms with Crippen LogP contribution in [0.25, 0.3) is 22.5 Å². The van der Waals surface area contributed by atoms with Crippen LogP contribution >= 0.6 is 15.9 Å². The van der Waals surface area contributed by atoms with E-state index in [1.165, 1.54) is 9.36 Å². The van der Waals surface area contributed by atoms with Crippen molar-refractivity contribution in [2.45, 2.75) is 20.0 Å². The summed E-state index contributed by atoms with van der Waals surface area (Å²) in [7, 11) is 1.58. The van der Waals surface area contributed by atoms with Crippen LogP contribution in [0.3, 0.4) is 0 Å². The summed E-state index contributed by atoms with van der Waals surface area (Å²) in [6.45, 7) is 2.45. The number of ether oxygens (including phenoxy) is 1. The normalized spacial score (nSPS) is 11.1. The highest BCUT2D eigenvalue weighted by Crippen LogP contribution is 2.32. The van der Waals surface area contributed by atoms with Gasteiger partial charge in [0.2, 0.25) is 5.88 Å². The first-order valence-corrected chi connectivity index (χ1v) is 12.0. The van der Waals surface area contributed by atoms with E-state index in [0.717, 1.165) is 38.8 Å². The fourth-order valence-corrected chi connectivity index (χ4v) is 4.27. The van der Waals surface area contributed by atoms with Gasteiger partial charge in [0.1, 0.15) is 6.61 Å². The Kier molecular flexibility index (Phi) is 6.33. The number of hydrogen-bond acceptors (Lipinski definition) is 5. The molecule has 9 heteroatoms. The summed E-state index contributed by atoms with van der Waals surface area (Å²) >= 11 is 3.46. The minimum absolute atomic E-state index is 0.305. The highest BCUT2D eigenvalue weighted by Gasteiger charge is 2.17. The molecule has 0 saturated carbocycles. The molecule has 8 nitrogen and oxygen atoms in total. The zero-order valence-electron chi connectivity index (χ0n) is 19.3. The van der Waals surface area contributed by atoms with Crippen LogP contribution in [0.4, 0.5) is 0 Å². The quantitative estimate of drug-likeness (QED) is 0.304. The zero-order chi connectivity index (χ0) is 24.4. The summed E-state index contributed by atoms with van der Waals surface area (Å²) in [5.41, 5.74) is 5.36. The van der Waals surface area contributed by atoms with Crippen LogP contribution < -0.4 is 10.4 Å². The summed E-state index contributed by atoms with van der Waals surface area (Å²) in [6, 6.07) is 23.6.